The maximum Gasteiger partial charge on any atom is 0.220 e. The van der Waals surface area contributed by atoms with Crippen molar-refractivity contribution in [1.29, 1.82) is 0 Å². The van der Waals surface area contributed by atoms with Gasteiger partial charge in [-0.05, 0) is 16.8 Å². The molecule has 0 bridgehead atoms. The zero-order valence-electron chi connectivity index (χ0n) is 11.0. The maximum absolute atomic E-state index is 12.5. The number of Topliss-reactive ketones (excluding diaryl/α,β-unsaturated/α-hetero) is 1. The number of ether oxygens (including phenoxy) is 1. The Kier molecular flexibility index (Phi) is 3.76. The van der Waals surface area contributed by atoms with Gasteiger partial charge in [-0.3, -0.25) is 4.79 Å². The Bertz CT molecular complexity index is 662. The van der Waals surface area contributed by atoms with Crippen LogP contribution in [0, 0.1) is 0 Å². The summed E-state index contributed by atoms with van der Waals surface area (Å²) in [4.78, 5) is 14.8. The quantitative estimate of drug-likeness (QED) is 0.627. The minimum absolute atomic E-state index is 0.0762. The summed E-state index contributed by atoms with van der Waals surface area (Å²) in [6.45, 7) is 2.65. The summed E-state index contributed by atoms with van der Waals surface area (Å²) in [5.74, 6) is -0.0762. The molecule has 0 saturated carbocycles. The van der Waals surface area contributed by atoms with Crippen LogP contribution in [0.25, 0.3) is 10.8 Å². The summed E-state index contributed by atoms with van der Waals surface area (Å²) < 4.78 is 5.28. The molecule has 3 rings (SSSR count). The molecule has 1 saturated heterocycles. The summed E-state index contributed by atoms with van der Waals surface area (Å²) in [6, 6.07) is 13.7. The fourth-order valence-electron chi connectivity index (χ4n) is 2.36. The highest BCUT2D eigenvalue weighted by Gasteiger charge is 2.21. The van der Waals surface area contributed by atoms with E-state index in [1.807, 2.05) is 47.4 Å². The molecule has 102 valence electrons. The van der Waals surface area contributed by atoms with E-state index < -0.39 is 0 Å². The fraction of sp³-hybridized carbons (Fsp3) is 0.250. The van der Waals surface area contributed by atoms with Crippen LogP contribution in [0.1, 0.15) is 10.4 Å². The van der Waals surface area contributed by atoms with E-state index in [2.05, 4.69) is 0 Å². The van der Waals surface area contributed by atoms with E-state index in [-0.39, 0.29) is 5.78 Å². The van der Waals surface area contributed by atoms with E-state index >= 15 is 0 Å². The molecule has 3 nitrogen and oxygen atoms in total. The van der Waals surface area contributed by atoms with Gasteiger partial charge in [0.1, 0.15) is 0 Å². The first-order chi connectivity index (χ1) is 9.75. The monoisotopic (exact) mass is 285 g/mol. The van der Waals surface area contributed by atoms with Crippen molar-refractivity contribution < 1.29 is 9.53 Å². The van der Waals surface area contributed by atoms with Crippen LogP contribution >= 0.6 is 12.2 Å². The lowest BCUT2D eigenvalue weighted by molar-refractivity contribution is 0.0670. The van der Waals surface area contributed by atoms with Crippen LogP contribution in [-0.4, -0.2) is 42.0 Å². The second-order valence-electron chi connectivity index (χ2n) is 4.80. The van der Waals surface area contributed by atoms with E-state index in [0.29, 0.717) is 36.9 Å². The molecule has 0 aliphatic carbocycles. The summed E-state index contributed by atoms with van der Waals surface area (Å²) >= 11 is 5.32. The largest absolute Gasteiger partial charge is 0.378 e. The number of thiocarbonyl (C=S) groups is 1. The Morgan fingerprint density at radius 2 is 1.75 bits per heavy atom. The maximum atomic E-state index is 12.5. The van der Waals surface area contributed by atoms with Crippen molar-refractivity contribution in [2.24, 2.45) is 0 Å². The number of carbonyl (C=O) groups is 1. The standard InChI is InChI=1S/C16H15NO2S/c18-15(16(20)17-7-9-19-10-8-17)14-6-5-12-3-1-2-4-13(12)11-14/h1-6,11H,7-10H2. The van der Waals surface area contributed by atoms with Crippen molar-refractivity contribution in [3.8, 4) is 0 Å². The Hall–Kier alpha value is -1.78. The van der Waals surface area contributed by atoms with Crippen LogP contribution in [0.2, 0.25) is 0 Å². The molecule has 0 unspecified atom stereocenters. The second kappa shape index (κ2) is 5.69. The van der Waals surface area contributed by atoms with Gasteiger partial charge in [-0.15, -0.1) is 0 Å². The van der Waals surface area contributed by atoms with Gasteiger partial charge in [0.2, 0.25) is 5.78 Å². The van der Waals surface area contributed by atoms with Crippen LogP contribution in [0.5, 0.6) is 0 Å². The van der Waals surface area contributed by atoms with E-state index in [0.717, 1.165) is 10.8 Å². The lowest BCUT2D eigenvalue weighted by atomic mass is 10.0. The number of carbonyl (C=O) groups excluding carboxylic acids is 1. The third-order valence-corrected chi connectivity index (χ3v) is 3.95. The van der Waals surface area contributed by atoms with Gasteiger partial charge in [0.25, 0.3) is 0 Å². The Morgan fingerprint density at radius 1 is 1.05 bits per heavy atom. The first-order valence-corrected chi connectivity index (χ1v) is 7.07. The van der Waals surface area contributed by atoms with Gasteiger partial charge in [-0.25, -0.2) is 0 Å². The van der Waals surface area contributed by atoms with Gasteiger partial charge < -0.3 is 9.64 Å². The number of morpholine rings is 1. The Labute approximate surface area is 123 Å². The third kappa shape index (κ3) is 2.57. The third-order valence-electron chi connectivity index (χ3n) is 3.50. The minimum atomic E-state index is -0.0762. The second-order valence-corrected chi connectivity index (χ2v) is 5.18. The number of hydrogen-bond donors (Lipinski definition) is 0. The van der Waals surface area contributed by atoms with Gasteiger partial charge in [0.15, 0.2) is 4.99 Å². The van der Waals surface area contributed by atoms with Crippen LogP contribution in [0.15, 0.2) is 42.5 Å². The molecule has 1 heterocycles. The molecule has 0 N–H and O–H groups in total. The summed E-state index contributed by atoms with van der Waals surface area (Å²) in [5.41, 5.74) is 0.653. The molecule has 2 aromatic carbocycles. The van der Waals surface area contributed by atoms with Crippen LogP contribution in [0.4, 0.5) is 0 Å². The summed E-state index contributed by atoms with van der Waals surface area (Å²) in [7, 11) is 0. The van der Waals surface area contributed by atoms with Gasteiger partial charge >= 0.3 is 0 Å². The number of rotatable bonds is 2. The zero-order valence-corrected chi connectivity index (χ0v) is 11.9. The molecule has 0 amide bonds. The summed E-state index contributed by atoms with van der Waals surface area (Å²) in [5, 5.41) is 2.18. The first-order valence-electron chi connectivity index (χ1n) is 6.66. The molecule has 1 fully saturated rings. The highest BCUT2D eigenvalue weighted by molar-refractivity contribution is 7.82. The van der Waals surface area contributed by atoms with Crippen molar-refractivity contribution in [3.63, 3.8) is 0 Å². The van der Waals surface area contributed by atoms with E-state index in [1.54, 1.807) is 0 Å². The molecule has 2 aromatic rings. The van der Waals surface area contributed by atoms with Crippen molar-refractivity contribution in [2.75, 3.05) is 26.3 Å². The number of nitrogens with zero attached hydrogens (tertiary/aromatic N) is 1. The van der Waals surface area contributed by atoms with Gasteiger partial charge in [0.05, 0.1) is 13.2 Å². The topological polar surface area (TPSA) is 29.5 Å². The predicted molar refractivity (Wildman–Crippen MR) is 83.3 cm³/mol. The first kappa shape index (κ1) is 13.2. The lowest BCUT2D eigenvalue weighted by Crippen LogP contribution is -2.43. The highest BCUT2D eigenvalue weighted by atomic mass is 32.1. The Morgan fingerprint density at radius 3 is 2.50 bits per heavy atom. The fourth-order valence-corrected chi connectivity index (χ4v) is 2.66. The molecule has 20 heavy (non-hydrogen) atoms. The van der Waals surface area contributed by atoms with Crippen LogP contribution in [0.3, 0.4) is 0 Å². The molecular formula is C16H15NO2S. The van der Waals surface area contributed by atoms with Crippen molar-refractivity contribution >= 4 is 33.8 Å². The Balaban J connectivity index is 1.86. The molecule has 1 aliphatic heterocycles. The average molecular weight is 285 g/mol. The zero-order chi connectivity index (χ0) is 13.9. The van der Waals surface area contributed by atoms with E-state index in [9.17, 15) is 4.79 Å². The molecular weight excluding hydrogens is 270 g/mol. The van der Waals surface area contributed by atoms with E-state index in [1.165, 1.54) is 0 Å². The number of benzene rings is 2. The SMILES string of the molecule is O=C(C(=S)N1CCOCC1)c1ccc2ccccc2c1. The molecule has 0 radical (unpaired) electrons. The summed E-state index contributed by atoms with van der Waals surface area (Å²) in [6.07, 6.45) is 0. The lowest BCUT2D eigenvalue weighted by Gasteiger charge is -2.28. The average Bonchev–Trinajstić information content (AvgIpc) is 2.54. The van der Waals surface area contributed by atoms with Gasteiger partial charge in [0, 0.05) is 18.7 Å². The van der Waals surface area contributed by atoms with Gasteiger partial charge in [-0.2, -0.15) is 0 Å². The molecule has 0 spiro atoms. The van der Waals surface area contributed by atoms with Crippen LogP contribution in [-0.2, 0) is 4.74 Å². The van der Waals surface area contributed by atoms with Crippen molar-refractivity contribution in [1.82, 2.24) is 4.90 Å². The molecule has 0 atom stereocenters. The smallest absolute Gasteiger partial charge is 0.220 e. The molecule has 1 aliphatic rings. The van der Waals surface area contributed by atoms with Crippen molar-refractivity contribution in [2.45, 2.75) is 0 Å². The minimum Gasteiger partial charge on any atom is -0.378 e. The van der Waals surface area contributed by atoms with Crippen LogP contribution < -0.4 is 0 Å². The predicted octanol–water partition coefficient (Wildman–Crippen LogP) is 2.68. The normalized spacial score (nSPS) is 15.3. The van der Waals surface area contributed by atoms with Crippen molar-refractivity contribution in [3.05, 3.63) is 48.0 Å². The number of hydrogen-bond acceptors (Lipinski definition) is 3. The highest BCUT2D eigenvalue weighted by Crippen LogP contribution is 2.17. The van der Waals surface area contributed by atoms with E-state index in [4.69, 9.17) is 17.0 Å². The molecule has 4 heteroatoms. The molecule has 0 aromatic heterocycles. The van der Waals surface area contributed by atoms with Gasteiger partial charge in [-0.1, -0.05) is 48.6 Å². The number of ketones is 1. The number of fused-ring (bicyclic) bond motifs is 1.